The minimum absolute atomic E-state index is 0.0286. The summed E-state index contributed by atoms with van der Waals surface area (Å²) in [5.41, 5.74) is 2.37. The van der Waals surface area contributed by atoms with Crippen molar-refractivity contribution >= 4 is 38.6 Å². The van der Waals surface area contributed by atoms with Crippen LogP contribution in [0.5, 0.6) is 0 Å². The van der Waals surface area contributed by atoms with E-state index in [1.54, 1.807) is 17.1 Å². The lowest BCUT2D eigenvalue weighted by molar-refractivity contribution is -0.121. The summed E-state index contributed by atoms with van der Waals surface area (Å²) in [5, 5.41) is 6.99. The van der Waals surface area contributed by atoms with Gasteiger partial charge in [-0.15, -0.1) is 0 Å². The number of amides is 1. The lowest BCUT2D eigenvalue weighted by Crippen LogP contribution is -2.30. The van der Waals surface area contributed by atoms with Crippen LogP contribution in [0.25, 0.3) is 11.0 Å². The number of carbonyl (C=O) groups is 1. The number of anilines is 1. The molecule has 8 heteroatoms. The van der Waals surface area contributed by atoms with Crippen molar-refractivity contribution in [2.24, 2.45) is 13.0 Å². The van der Waals surface area contributed by atoms with Crippen molar-refractivity contribution in [3.8, 4) is 0 Å². The average Bonchev–Trinajstić information content (AvgIpc) is 3.18. The maximum Gasteiger partial charge on any atom is 0.326 e. The van der Waals surface area contributed by atoms with Gasteiger partial charge in [0.1, 0.15) is 0 Å². The van der Waals surface area contributed by atoms with Gasteiger partial charge in [-0.3, -0.25) is 14.0 Å². The van der Waals surface area contributed by atoms with Gasteiger partial charge in [-0.1, -0.05) is 6.07 Å². The van der Waals surface area contributed by atoms with Crippen molar-refractivity contribution in [1.82, 2.24) is 19.3 Å². The first-order chi connectivity index (χ1) is 12.5. The number of hydrogen-bond acceptors (Lipinski definition) is 3. The fourth-order valence-electron chi connectivity index (χ4n) is 3.80. The molecule has 0 unspecified atom stereocenters. The van der Waals surface area contributed by atoms with Gasteiger partial charge < -0.3 is 10.3 Å². The zero-order valence-corrected chi connectivity index (χ0v) is 16.0. The van der Waals surface area contributed by atoms with Crippen LogP contribution in [0, 0.1) is 5.92 Å². The van der Waals surface area contributed by atoms with Crippen molar-refractivity contribution in [2.45, 2.75) is 31.7 Å². The highest BCUT2D eigenvalue weighted by atomic mass is 79.9. The zero-order valence-electron chi connectivity index (χ0n) is 14.4. The number of carbonyl (C=O) groups excluding carboxylic acids is 1. The van der Waals surface area contributed by atoms with Crippen LogP contribution in [0.2, 0.25) is 0 Å². The van der Waals surface area contributed by atoms with Crippen LogP contribution in [0.3, 0.4) is 0 Å². The number of benzene rings is 1. The lowest BCUT2D eigenvalue weighted by atomic mass is 9.85. The summed E-state index contributed by atoms with van der Waals surface area (Å²) in [7, 11) is 1.82. The van der Waals surface area contributed by atoms with Gasteiger partial charge in [0.25, 0.3) is 0 Å². The number of fused-ring (bicyclic) bond motifs is 1. The maximum absolute atomic E-state index is 12.5. The molecule has 26 heavy (non-hydrogen) atoms. The molecule has 0 aliphatic heterocycles. The molecule has 2 N–H and O–H groups in total. The van der Waals surface area contributed by atoms with Crippen LogP contribution < -0.4 is 11.0 Å². The quantitative estimate of drug-likeness (QED) is 0.685. The molecule has 7 nitrogen and oxygen atoms in total. The Kier molecular flexibility index (Phi) is 4.44. The Balaban J connectivity index is 1.47. The lowest BCUT2D eigenvalue weighted by Gasteiger charge is -2.28. The summed E-state index contributed by atoms with van der Waals surface area (Å²) < 4.78 is 4.39. The molecule has 0 saturated heterocycles. The van der Waals surface area contributed by atoms with Gasteiger partial charge in [-0.25, -0.2) is 4.79 Å². The fourth-order valence-corrected chi connectivity index (χ4v) is 4.26. The molecule has 4 rings (SSSR count). The van der Waals surface area contributed by atoms with E-state index in [1.165, 1.54) is 0 Å². The molecule has 3 aromatic rings. The van der Waals surface area contributed by atoms with Gasteiger partial charge in [-0.05, 0) is 53.7 Å². The van der Waals surface area contributed by atoms with E-state index in [4.69, 9.17) is 0 Å². The molecule has 136 valence electrons. The summed E-state index contributed by atoms with van der Waals surface area (Å²) in [4.78, 5) is 27.8. The minimum Gasteiger partial charge on any atom is -0.323 e. The average molecular weight is 418 g/mol. The van der Waals surface area contributed by atoms with Crippen LogP contribution in [0.15, 0.2) is 39.9 Å². The minimum atomic E-state index is -0.0878. The molecule has 1 amide bonds. The van der Waals surface area contributed by atoms with Crippen molar-refractivity contribution in [2.75, 3.05) is 5.32 Å². The van der Waals surface area contributed by atoms with Gasteiger partial charge in [-0.2, -0.15) is 5.10 Å². The van der Waals surface area contributed by atoms with Crippen LogP contribution in [0.4, 0.5) is 5.69 Å². The van der Waals surface area contributed by atoms with E-state index in [1.807, 2.05) is 29.8 Å². The predicted octanol–water partition coefficient (Wildman–Crippen LogP) is 3.20. The number of nitrogens with zero attached hydrogens (tertiary/aromatic N) is 3. The third kappa shape index (κ3) is 3.09. The van der Waals surface area contributed by atoms with Gasteiger partial charge >= 0.3 is 5.69 Å². The Morgan fingerprint density at radius 1 is 1.31 bits per heavy atom. The van der Waals surface area contributed by atoms with E-state index >= 15 is 0 Å². The van der Waals surface area contributed by atoms with Crippen LogP contribution in [0.1, 0.15) is 31.7 Å². The number of aromatic nitrogens is 4. The number of imidazole rings is 1. The summed E-state index contributed by atoms with van der Waals surface area (Å²) in [6, 6.07) is 5.93. The highest BCUT2D eigenvalue weighted by Crippen LogP contribution is 2.34. The highest BCUT2D eigenvalue weighted by Gasteiger charge is 2.29. The number of para-hydroxylation sites is 1. The van der Waals surface area contributed by atoms with Crippen molar-refractivity contribution < 1.29 is 4.79 Å². The topological polar surface area (TPSA) is 84.7 Å². The number of halogens is 1. The monoisotopic (exact) mass is 417 g/mol. The van der Waals surface area contributed by atoms with Crippen LogP contribution in [-0.2, 0) is 11.8 Å². The van der Waals surface area contributed by atoms with E-state index in [2.05, 4.69) is 31.3 Å². The Morgan fingerprint density at radius 2 is 2.08 bits per heavy atom. The molecular formula is C18H20BrN5O2. The summed E-state index contributed by atoms with van der Waals surface area (Å²) in [6.45, 7) is 0. The molecule has 0 spiro atoms. The second-order valence-corrected chi connectivity index (χ2v) is 7.69. The van der Waals surface area contributed by atoms with Crippen molar-refractivity contribution in [3.63, 3.8) is 0 Å². The normalized spacial score (nSPS) is 20.4. The Hall–Kier alpha value is -2.35. The molecule has 0 radical (unpaired) electrons. The van der Waals surface area contributed by atoms with Gasteiger partial charge in [0, 0.05) is 29.7 Å². The van der Waals surface area contributed by atoms with Gasteiger partial charge in [0.2, 0.25) is 5.91 Å². The smallest absolute Gasteiger partial charge is 0.323 e. The number of aryl methyl sites for hydroxylation is 1. The van der Waals surface area contributed by atoms with Crippen molar-refractivity contribution in [1.29, 1.82) is 0 Å². The van der Waals surface area contributed by atoms with E-state index in [0.29, 0.717) is 0 Å². The van der Waals surface area contributed by atoms with Crippen LogP contribution in [-0.4, -0.2) is 25.2 Å². The molecule has 2 heterocycles. The third-order valence-electron chi connectivity index (χ3n) is 5.11. The van der Waals surface area contributed by atoms with Crippen LogP contribution >= 0.6 is 15.9 Å². The second-order valence-electron chi connectivity index (χ2n) is 6.83. The maximum atomic E-state index is 12.5. The molecule has 0 bridgehead atoms. The Bertz CT molecular complexity index is 1010. The standard InChI is InChI=1S/C18H20BrN5O2/c1-23-10-12(9-20-23)21-17(25)11-5-7-13(8-6-11)24-15-4-2-3-14(19)16(15)22-18(24)26/h2-4,9-11,13H,5-8H2,1H3,(H,21,25)(H,22,26)/t11-,13+. The van der Waals surface area contributed by atoms with Crippen molar-refractivity contribution in [3.05, 3.63) is 45.5 Å². The molecule has 1 fully saturated rings. The third-order valence-corrected chi connectivity index (χ3v) is 5.77. The Labute approximate surface area is 158 Å². The van der Waals surface area contributed by atoms with E-state index in [-0.39, 0.29) is 23.6 Å². The fraction of sp³-hybridized carbons (Fsp3) is 0.389. The zero-order chi connectivity index (χ0) is 18.3. The summed E-state index contributed by atoms with van der Waals surface area (Å²) in [5.74, 6) is 0.00423. The molecule has 1 aliphatic rings. The first kappa shape index (κ1) is 17.1. The largest absolute Gasteiger partial charge is 0.326 e. The summed E-state index contributed by atoms with van der Waals surface area (Å²) >= 11 is 3.49. The first-order valence-corrected chi connectivity index (χ1v) is 9.50. The number of hydrogen-bond donors (Lipinski definition) is 2. The van der Waals surface area contributed by atoms with E-state index in [9.17, 15) is 9.59 Å². The number of H-pyrrole nitrogens is 1. The number of rotatable bonds is 3. The molecule has 1 saturated carbocycles. The molecular weight excluding hydrogens is 398 g/mol. The molecule has 1 aliphatic carbocycles. The molecule has 2 aromatic heterocycles. The molecule has 0 atom stereocenters. The van der Waals surface area contributed by atoms with Gasteiger partial charge in [0.05, 0.1) is 22.9 Å². The Morgan fingerprint density at radius 3 is 2.77 bits per heavy atom. The number of aromatic amines is 1. The SMILES string of the molecule is Cn1cc(NC(=O)[C@H]2CC[C@@H](n3c(=O)[nH]c4c(Br)cccc43)CC2)cn1. The second kappa shape index (κ2) is 6.75. The highest BCUT2D eigenvalue weighted by molar-refractivity contribution is 9.10. The predicted molar refractivity (Wildman–Crippen MR) is 103 cm³/mol. The number of nitrogens with one attached hydrogen (secondary N) is 2. The first-order valence-electron chi connectivity index (χ1n) is 8.71. The summed E-state index contributed by atoms with van der Waals surface area (Å²) in [6.07, 6.45) is 6.59. The van der Waals surface area contributed by atoms with E-state index in [0.717, 1.165) is 46.9 Å². The molecule has 1 aromatic carbocycles. The van der Waals surface area contributed by atoms with Gasteiger partial charge in [0.15, 0.2) is 0 Å². The van der Waals surface area contributed by atoms with E-state index < -0.39 is 0 Å².